The average molecular weight is 472 g/mol. The second-order valence-electron chi connectivity index (χ2n) is 7.43. The van der Waals surface area contributed by atoms with E-state index in [0.29, 0.717) is 5.92 Å². The topological polar surface area (TPSA) is 39.7 Å². The monoisotopic (exact) mass is 472 g/mol. The Morgan fingerprint density at radius 1 is 1.27 bits per heavy atom. The zero-order valence-corrected chi connectivity index (χ0v) is 19.3. The van der Waals surface area contributed by atoms with Gasteiger partial charge in [-0.15, -0.1) is 24.0 Å². The zero-order valence-electron chi connectivity index (χ0n) is 16.9. The Hall–Kier alpha value is -0.820. The van der Waals surface area contributed by atoms with Gasteiger partial charge >= 0.3 is 0 Å². The summed E-state index contributed by atoms with van der Waals surface area (Å²) in [5, 5.41) is 7.01. The molecule has 1 fully saturated rings. The first-order chi connectivity index (χ1) is 12.1. The molecule has 1 saturated heterocycles. The van der Waals surface area contributed by atoms with Crippen molar-refractivity contribution in [3.63, 3.8) is 0 Å². The van der Waals surface area contributed by atoms with E-state index in [1.54, 1.807) is 0 Å². The van der Waals surface area contributed by atoms with Gasteiger partial charge in [0.15, 0.2) is 5.96 Å². The summed E-state index contributed by atoms with van der Waals surface area (Å²) in [6.07, 6.45) is 3.85. The molecule has 0 spiro atoms. The van der Waals surface area contributed by atoms with Crippen molar-refractivity contribution in [3.8, 4) is 0 Å². The van der Waals surface area contributed by atoms with Crippen LogP contribution < -0.4 is 10.6 Å². The summed E-state index contributed by atoms with van der Waals surface area (Å²) in [6.45, 7) is 12.3. The molecule has 148 valence electrons. The normalized spacial score (nSPS) is 17.5. The number of hydrogen-bond donors (Lipinski definition) is 2. The quantitative estimate of drug-likeness (QED) is 0.358. The van der Waals surface area contributed by atoms with Crippen LogP contribution in [0.1, 0.15) is 50.2 Å². The molecule has 2 rings (SSSR count). The second kappa shape index (κ2) is 12.5. The van der Waals surface area contributed by atoms with E-state index in [0.717, 1.165) is 25.0 Å². The summed E-state index contributed by atoms with van der Waals surface area (Å²) >= 11 is 0. The molecule has 1 atom stereocenters. The first-order valence-electron chi connectivity index (χ1n) is 9.85. The van der Waals surface area contributed by atoms with Crippen LogP contribution in [-0.2, 0) is 0 Å². The van der Waals surface area contributed by atoms with Crippen LogP contribution in [-0.4, -0.2) is 50.6 Å². The summed E-state index contributed by atoms with van der Waals surface area (Å²) < 4.78 is 0. The molecule has 26 heavy (non-hydrogen) atoms. The molecule has 0 radical (unpaired) electrons. The number of guanidine groups is 1. The number of piperidine rings is 1. The number of halogens is 1. The van der Waals surface area contributed by atoms with Crippen LogP contribution in [0.2, 0.25) is 0 Å². The van der Waals surface area contributed by atoms with Gasteiger partial charge in [0.05, 0.1) is 0 Å². The molecule has 2 N–H and O–H groups in total. The lowest BCUT2D eigenvalue weighted by atomic mass is 9.97. The van der Waals surface area contributed by atoms with Crippen molar-refractivity contribution in [2.24, 2.45) is 10.9 Å². The number of likely N-dealkylation sites (tertiary alicyclic amines) is 1. The van der Waals surface area contributed by atoms with Gasteiger partial charge in [-0.25, -0.2) is 0 Å². The maximum atomic E-state index is 4.38. The van der Waals surface area contributed by atoms with Crippen molar-refractivity contribution in [3.05, 3.63) is 35.4 Å². The summed E-state index contributed by atoms with van der Waals surface area (Å²) in [5.41, 5.74) is 2.70. The highest BCUT2D eigenvalue weighted by Gasteiger charge is 2.18. The summed E-state index contributed by atoms with van der Waals surface area (Å²) in [5.74, 6) is 2.16. The zero-order chi connectivity index (χ0) is 18.1. The summed E-state index contributed by atoms with van der Waals surface area (Å²) in [4.78, 5) is 6.97. The lowest BCUT2D eigenvalue weighted by molar-refractivity contribution is 0.185. The molecule has 1 unspecified atom stereocenters. The number of aryl methyl sites for hydroxylation is 1. The van der Waals surface area contributed by atoms with Crippen molar-refractivity contribution in [2.75, 3.05) is 39.8 Å². The smallest absolute Gasteiger partial charge is 0.191 e. The van der Waals surface area contributed by atoms with Crippen LogP contribution in [0.3, 0.4) is 0 Å². The fraction of sp³-hybridized carbons (Fsp3) is 0.667. The van der Waals surface area contributed by atoms with Crippen molar-refractivity contribution in [1.82, 2.24) is 15.5 Å². The number of rotatable bonds is 7. The second-order valence-corrected chi connectivity index (χ2v) is 7.43. The van der Waals surface area contributed by atoms with E-state index in [9.17, 15) is 0 Å². The minimum atomic E-state index is 0. The molecule has 0 bridgehead atoms. The van der Waals surface area contributed by atoms with Gasteiger partial charge in [0.1, 0.15) is 0 Å². The first kappa shape index (κ1) is 23.2. The maximum Gasteiger partial charge on any atom is 0.191 e. The van der Waals surface area contributed by atoms with Gasteiger partial charge in [-0.1, -0.05) is 43.7 Å². The Bertz CT molecular complexity index is 539. The Labute approximate surface area is 177 Å². The predicted octanol–water partition coefficient (Wildman–Crippen LogP) is 4.00. The molecule has 0 aliphatic carbocycles. The fourth-order valence-electron chi connectivity index (χ4n) is 3.54. The number of nitrogens with zero attached hydrogens (tertiary/aromatic N) is 2. The summed E-state index contributed by atoms with van der Waals surface area (Å²) in [7, 11) is 1.86. The molecule has 0 amide bonds. The Kier molecular flexibility index (Phi) is 11.2. The minimum absolute atomic E-state index is 0. The first-order valence-corrected chi connectivity index (χ1v) is 9.85. The largest absolute Gasteiger partial charge is 0.356 e. The molecule has 0 aromatic heterocycles. The molecule has 4 nitrogen and oxygen atoms in total. The van der Waals surface area contributed by atoms with Crippen LogP contribution in [0.4, 0.5) is 0 Å². The lowest BCUT2D eigenvalue weighted by Gasteiger charge is -2.32. The Morgan fingerprint density at radius 2 is 2.00 bits per heavy atom. The van der Waals surface area contributed by atoms with Crippen LogP contribution in [0.25, 0.3) is 0 Å². The Morgan fingerprint density at radius 3 is 2.62 bits per heavy atom. The molecule has 1 heterocycles. The third kappa shape index (κ3) is 7.82. The summed E-state index contributed by atoms with van der Waals surface area (Å²) in [6, 6.07) is 8.77. The highest BCUT2D eigenvalue weighted by molar-refractivity contribution is 14.0. The van der Waals surface area contributed by atoms with E-state index in [1.165, 1.54) is 50.0 Å². The third-order valence-electron chi connectivity index (χ3n) is 5.22. The highest BCUT2D eigenvalue weighted by Crippen LogP contribution is 2.17. The third-order valence-corrected chi connectivity index (χ3v) is 5.22. The fourth-order valence-corrected chi connectivity index (χ4v) is 3.54. The van der Waals surface area contributed by atoms with Crippen molar-refractivity contribution >= 4 is 29.9 Å². The predicted molar refractivity (Wildman–Crippen MR) is 124 cm³/mol. The molecular formula is C21H37IN4. The van der Waals surface area contributed by atoms with Crippen molar-refractivity contribution in [1.29, 1.82) is 0 Å². The van der Waals surface area contributed by atoms with Crippen LogP contribution in [0, 0.1) is 12.8 Å². The van der Waals surface area contributed by atoms with E-state index in [2.05, 4.69) is 65.6 Å². The number of nitrogens with one attached hydrogen (secondary N) is 2. The van der Waals surface area contributed by atoms with E-state index < -0.39 is 0 Å². The van der Waals surface area contributed by atoms with E-state index in [4.69, 9.17) is 0 Å². The van der Waals surface area contributed by atoms with Crippen LogP contribution in [0.15, 0.2) is 29.3 Å². The van der Waals surface area contributed by atoms with E-state index >= 15 is 0 Å². The van der Waals surface area contributed by atoms with Crippen molar-refractivity contribution < 1.29 is 0 Å². The molecule has 1 aromatic carbocycles. The molecular weight excluding hydrogens is 435 g/mol. The highest BCUT2D eigenvalue weighted by atomic mass is 127. The van der Waals surface area contributed by atoms with E-state index in [1.807, 2.05) is 7.05 Å². The van der Waals surface area contributed by atoms with Gasteiger partial charge in [0.2, 0.25) is 0 Å². The number of hydrogen-bond acceptors (Lipinski definition) is 2. The van der Waals surface area contributed by atoms with E-state index in [-0.39, 0.29) is 24.0 Å². The standard InChI is InChI=1S/C21H36N4.HI/c1-5-11-25-12-9-19(10-13-25)16-24-21(22-4)23-15-18(3)20-8-6-7-17(2)14-20;/h6-8,14,18-19H,5,9-13,15-16H2,1-4H3,(H2,22,23,24);1H. The van der Waals surface area contributed by atoms with Gasteiger partial charge in [-0.2, -0.15) is 0 Å². The van der Waals surface area contributed by atoms with Gasteiger partial charge in [-0.05, 0) is 63.2 Å². The van der Waals surface area contributed by atoms with Crippen LogP contribution in [0.5, 0.6) is 0 Å². The molecule has 1 aromatic rings. The van der Waals surface area contributed by atoms with Gasteiger partial charge in [0.25, 0.3) is 0 Å². The molecule has 1 aliphatic heterocycles. The van der Waals surface area contributed by atoms with Gasteiger partial charge < -0.3 is 15.5 Å². The lowest BCUT2D eigenvalue weighted by Crippen LogP contribution is -2.43. The van der Waals surface area contributed by atoms with Gasteiger partial charge in [-0.3, -0.25) is 4.99 Å². The minimum Gasteiger partial charge on any atom is -0.356 e. The average Bonchev–Trinajstić information content (AvgIpc) is 2.63. The number of benzene rings is 1. The molecule has 1 aliphatic rings. The molecule has 0 saturated carbocycles. The maximum absolute atomic E-state index is 4.38. The number of aliphatic imine (C=N–C) groups is 1. The molecule has 5 heteroatoms. The Balaban J connectivity index is 0.00000338. The SMILES string of the molecule is CCCN1CCC(CNC(=NC)NCC(C)c2cccc(C)c2)CC1.I. The van der Waals surface area contributed by atoms with Gasteiger partial charge in [0, 0.05) is 20.1 Å². The van der Waals surface area contributed by atoms with Crippen molar-refractivity contribution in [2.45, 2.75) is 46.0 Å². The van der Waals surface area contributed by atoms with Crippen LogP contribution >= 0.6 is 24.0 Å².